The molecule has 0 saturated carbocycles. The third-order valence-electron chi connectivity index (χ3n) is 3.45. The van der Waals surface area contributed by atoms with E-state index in [1.807, 2.05) is 30.3 Å². The Kier molecular flexibility index (Phi) is 4.31. The van der Waals surface area contributed by atoms with Gasteiger partial charge in [0.1, 0.15) is 0 Å². The first-order chi connectivity index (χ1) is 9.91. The Hall–Kier alpha value is -2.30. The number of benzene rings is 1. The van der Waals surface area contributed by atoms with Crippen LogP contribution in [0.2, 0.25) is 0 Å². The molecule has 21 heavy (non-hydrogen) atoms. The molecule has 1 atom stereocenters. The minimum Gasteiger partial charge on any atom is -0.459 e. The largest absolute Gasteiger partial charge is 0.459 e. The highest BCUT2D eigenvalue weighted by Gasteiger charge is 2.35. The van der Waals surface area contributed by atoms with Gasteiger partial charge in [0.2, 0.25) is 0 Å². The van der Waals surface area contributed by atoms with Crippen LogP contribution in [0.4, 0.5) is 4.79 Å². The number of carbonyl (C=O) groups excluding carboxylic acids is 2. The maximum Gasteiger partial charge on any atom is 0.338 e. The number of hydrogen-bond donors (Lipinski definition) is 1. The van der Waals surface area contributed by atoms with Crippen molar-refractivity contribution < 1.29 is 14.3 Å². The molecule has 1 aromatic rings. The summed E-state index contributed by atoms with van der Waals surface area (Å²) >= 11 is 0. The Labute approximate surface area is 124 Å². The number of carbonyl (C=O) groups is 2. The molecule has 1 heterocycles. The second kappa shape index (κ2) is 5.99. The van der Waals surface area contributed by atoms with Gasteiger partial charge in [-0.15, -0.1) is 0 Å². The molecule has 5 nitrogen and oxygen atoms in total. The van der Waals surface area contributed by atoms with Crippen molar-refractivity contribution in [2.45, 2.75) is 32.9 Å². The van der Waals surface area contributed by atoms with Gasteiger partial charge in [0.05, 0.1) is 17.7 Å². The number of amides is 2. The molecule has 1 N–H and O–H groups in total. The van der Waals surface area contributed by atoms with E-state index in [-0.39, 0.29) is 12.1 Å². The fraction of sp³-hybridized carbons (Fsp3) is 0.375. The first-order valence-corrected chi connectivity index (χ1v) is 6.92. The Balaban J connectivity index is 2.46. The molecule has 2 rings (SSSR count). The lowest BCUT2D eigenvalue weighted by Gasteiger charge is -2.33. The lowest BCUT2D eigenvalue weighted by atomic mass is 9.95. The van der Waals surface area contributed by atoms with Crippen LogP contribution < -0.4 is 5.32 Å². The minimum absolute atomic E-state index is 0.211. The SMILES string of the molecule is CC1=C(C(=O)OC(C)C)[C@@H](c2ccccc2)NC(=O)N1C. The van der Waals surface area contributed by atoms with Crippen LogP contribution in [0, 0.1) is 0 Å². The van der Waals surface area contributed by atoms with Gasteiger partial charge in [-0.3, -0.25) is 0 Å². The monoisotopic (exact) mass is 288 g/mol. The lowest BCUT2D eigenvalue weighted by molar-refractivity contribution is -0.143. The summed E-state index contributed by atoms with van der Waals surface area (Å²) in [6.07, 6.45) is -0.211. The zero-order valence-corrected chi connectivity index (χ0v) is 12.7. The van der Waals surface area contributed by atoms with Crippen LogP contribution in [0.3, 0.4) is 0 Å². The van der Waals surface area contributed by atoms with Crippen molar-refractivity contribution in [1.82, 2.24) is 10.2 Å². The van der Waals surface area contributed by atoms with Gasteiger partial charge in [0.15, 0.2) is 0 Å². The van der Waals surface area contributed by atoms with Crippen molar-refractivity contribution >= 4 is 12.0 Å². The van der Waals surface area contributed by atoms with Crippen LogP contribution in [0.25, 0.3) is 0 Å². The van der Waals surface area contributed by atoms with Gasteiger partial charge in [0.25, 0.3) is 0 Å². The van der Waals surface area contributed by atoms with Gasteiger partial charge in [-0.25, -0.2) is 9.59 Å². The highest BCUT2D eigenvalue weighted by molar-refractivity contribution is 5.95. The standard InChI is InChI=1S/C16H20N2O3/c1-10(2)21-15(19)13-11(3)18(4)16(20)17-14(13)12-8-6-5-7-9-12/h5-10,14H,1-4H3,(H,17,20)/t14-/m1/s1. The Morgan fingerprint density at radius 2 is 1.90 bits per heavy atom. The molecule has 1 aliphatic heterocycles. The van der Waals surface area contributed by atoms with E-state index in [1.165, 1.54) is 4.90 Å². The molecule has 0 unspecified atom stereocenters. The average molecular weight is 288 g/mol. The molecular formula is C16H20N2O3. The first-order valence-electron chi connectivity index (χ1n) is 6.92. The molecule has 2 amide bonds. The second-order valence-corrected chi connectivity index (χ2v) is 5.31. The van der Waals surface area contributed by atoms with Crippen molar-refractivity contribution in [1.29, 1.82) is 0 Å². The fourth-order valence-corrected chi connectivity index (χ4v) is 2.27. The van der Waals surface area contributed by atoms with Gasteiger partial charge in [0, 0.05) is 12.7 Å². The fourth-order valence-electron chi connectivity index (χ4n) is 2.27. The quantitative estimate of drug-likeness (QED) is 0.870. The number of ether oxygens (including phenoxy) is 1. The number of esters is 1. The molecule has 0 saturated heterocycles. The van der Waals surface area contributed by atoms with Gasteiger partial charge in [-0.05, 0) is 26.3 Å². The number of urea groups is 1. The van der Waals surface area contributed by atoms with Crippen molar-refractivity contribution in [3.63, 3.8) is 0 Å². The van der Waals surface area contributed by atoms with E-state index >= 15 is 0 Å². The maximum absolute atomic E-state index is 12.4. The maximum atomic E-state index is 12.4. The molecule has 5 heteroatoms. The Morgan fingerprint density at radius 3 is 2.48 bits per heavy atom. The van der Waals surface area contributed by atoms with Gasteiger partial charge < -0.3 is 15.0 Å². The smallest absolute Gasteiger partial charge is 0.338 e. The normalized spacial score (nSPS) is 18.8. The molecule has 0 aliphatic carbocycles. The Morgan fingerprint density at radius 1 is 1.29 bits per heavy atom. The van der Waals surface area contributed by atoms with Gasteiger partial charge in [-0.1, -0.05) is 30.3 Å². The summed E-state index contributed by atoms with van der Waals surface area (Å²) in [5.74, 6) is -0.400. The summed E-state index contributed by atoms with van der Waals surface area (Å²) in [5, 5.41) is 2.85. The minimum atomic E-state index is -0.485. The predicted molar refractivity (Wildman–Crippen MR) is 79.4 cm³/mol. The second-order valence-electron chi connectivity index (χ2n) is 5.31. The molecule has 112 valence electrons. The lowest BCUT2D eigenvalue weighted by Crippen LogP contribution is -2.46. The first kappa shape index (κ1) is 15.1. The van der Waals surface area contributed by atoms with Gasteiger partial charge >= 0.3 is 12.0 Å². The van der Waals surface area contributed by atoms with Crippen LogP contribution in [0.5, 0.6) is 0 Å². The third-order valence-corrected chi connectivity index (χ3v) is 3.45. The van der Waals surface area contributed by atoms with E-state index in [0.717, 1.165) is 5.56 Å². The van der Waals surface area contributed by atoms with Crippen molar-refractivity contribution in [2.75, 3.05) is 7.05 Å². The highest BCUT2D eigenvalue weighted by atomic mass is 16.5. The van der Waals surface area contributed by atoms with Gasteiger partial charge in [-0.2, -0.15) is 0 Å². The molecule has 0 radical (unpaired) electrons. The highest BCUT2D eigenvalue weighted by Crippen LogP contribution is 2.30. The van der Waals surface area contributed by atoms with Crippen LogP contribution in [0.1, 0.15) is 32.4 Å². The van der Waals surface area contributed by atoms with E-state index in [2.05, 4.69) is 5.32 Å². The van der Waals surface area contributed by atoms with Crippen LogP contribution >= 0.6 is 0 Å². The third kappa shape index (κ3) is 3.07. The average Bonchev–Trinajstić information content (AvgIpc) is 2.44. The summed E-state index contributed by atoms with van der Waals surface area (Å²) in [7, 11) is 1.63. The van der Waals surface area contributed by atoms with E-state index < -0.39 is 12.0 Å². The zero-order chi connectivity index (χ0) is 15.6. The molecule has 1 aromatic carbocycles. The predicted octanol–water partition coefficient (Wildman–Crippen LogP) is 2.61. The Bertz CT molecular complexity index is 578. The molecular weight excluding hydrogens is 268 g/mol. The number of rotatable bonds is 3. The van der Waals surface area contributed by atoms with Crippen molar-refractivity contribution in [3.05, 3.63) is 47.2 Å². The topological polar surface area (TPSA) is 58.6 Å². The van der Waals surface area contributed by atoms with Crippen LogP contribution in [-0.4, -0.2) is 30.1 Å². The van der Waals surface area contributed by atoms with Crippen molar-refractivity contribution in [3.8, 4) is 0 Å². The van der Waals surface area contributed by atoms with E-state index in [0.29, 0.717) is 11.3 Å². The van der Waals surface area contributed by atoms with Crippen LogP contribution in [-0.2, 0) is 9.53 Å². The van der Waals surface area contributed by atoms with E-state index in [1.54, 1.807) is 27.8 Å². The molecule has 0 bridgehead atoms. The number of nitrogens with one attached hydrogen (secondary N) is 1. The molecule has 0 fully saturated rings. The number of hydrogen-bond acceptors (Lipinski definition) is 3. The number of allylic oxidation sites excluding steroid dienone is 1. The van der Waals surface area contributed by atoms with E-state index in [4.69, 9.17) is 4.74 Å². The number of nitrogens with zero attached hydrogens (tertiary/aromatic N) is 1. The van der Waals surface area contributed by atoms with E-state index in [9.17, 15) is 9.59 Å². The molecule has 0 aromatic heterocycles. The molecule has 1 aliphatic rings. The summed E-state index contributed by atoms with van der Waals surface area (Å²) in [6.45, 7) is 5.36. The van der Waals surface area contributed by atoms with Crippen molar-refractivity contribution in [2.24, 2.45) is 0 Å². The summed E-state index contributed by atoms with van der Waals surface area (Å²) < 4.78 is 5.32. The summed E-state index contributed by atoms with van der Waals surface area (Å²) in [6, 6.07) is 8.69. The zero-order valence-electron chi connectivity index (χ0n) is 12.7. The summed E-state index contributed by atoms with van der Waals surface area (Å²) in [4.78, 5) is 25.8. The summed E-state index contributed by atoms with van der Waals surface area (Å²) in [5.41, 5.74) is 1.93. The van der Waals surface area contributed by atoms with Crippen LogP contribution in [0.15, 0.2) is 41.6 Å². The molecule has 0 spiro atoms.